The summed E-state index contributed by atoms with van der Waals surface area (Å²) in [6, 6.07) is 14.7. The maximum atomic E-state index is 13.2. The number of piperidine rings is 3. The molecule has 0 spiro atoms. The minimum atomic E-state index is -0.431. The Labute approximate surface area is 199 Å². The first-order chi connectivity index (χ1) is 16.1. The van der Waals surface area contributed by atoms with Crippen molar-refractivity contribution in [2.75, 3.05) is 20.2 Å². The maximum absolute atomic E-state index is 13.2. The van der Waals surface area contributed by atoms with Crippen molar-refractivity contribution < 1.29 is 14.3 Å². The lowest BCUT2D eigenvalue weighted by molar-refractivity contribution is -0.0568. The number of hydrogen-bond donors (Lipinski definition) is 0. The summed E-state index contributed by atoms with van der Waals surface area (Å²) < 4.78 is 11.8. The minimum absolute atomic E-state index is 0.0907. The van der Waals surface area contributed by atoms with Crippen LogP contribution in [0.2, 0.25) is 5.02 Å². The lowest BCUT2D eigenvalue weighted by atomic mass is 9.73. The number of rotatable bonds is 6. The van der Waals surface area contributed by atoms with Gasteiger partial charge in [0, 0.05) is 28.7 Å². The van der Waals surface area contributed by atoms with E-state index in [0.29, 0.717) is 22.4 Å². The zero-order chi connectivity index (χ0) is 22.9. The van der Waals surface area contributed by atoms with Gasteiger partial charge in [-0.25, -0.2) is 4.79 Å². The third kappa shape index (κ3) is 4.23. The minimum Gasteiger partial charge on any atom is -0.497 e. The van der Waals surface area contributed by atoms with Crippen LogP contribution < -0.4 is 4.74 Å². The third-order valence-electron chi connectivity index (χ3n) is 7.11. The molecule has 1 unspecified atom stereocenters. The Balaban J connectivity index is 1.56. The lowest BCUT2D eigenvalue weighted by Crippen LogP contribution is -2.55. The molecule has 0 aliphatic carbocycles. The van der Waals surface area contributed by atoms with E-state index in [9.17, 15) is 4.79 Å². The Morgan fingerprint density at radius 1 is 1.24 bits per heavy atom. The molecule has 4 heterocycles. The van der Waals surface area contributed by atoms with Crippen LogP contribution in [0.15, 0.2) is 67.4 Å². The molecular weight excluding hydrogens is 436 g/mol. The van der Waals surface area contributed by atoms with E-state index in [-0.39, 0.29) is 12.0 Å². The predicted octanol–water partition coefficient (Wildman–Crippen LogP) is 5.69. The van der Waals surface area contributed by atoms with Gasteiger partial charge >= 0.3 is 5.97 Å². The van der Waals surface area contributed by atoms with Crippen LogP contribution in [0.25, 0.3) is 10.9 Å². The van der Waals surface area contributed by atoms with Crippen LogP contribution in [0, 0.1) is 11.8 Å². The fourth-order valence-electron chi connectivity index (χ4n) is 5.33. The summed E-state index contributed by atoms with van der Waals surface area (Å²) in [7, 11) is 1.65. The second-order valence-electron chi connectivity index (χ2n) is 8.86. The number of carbonyl (C=O) groups excluding carboxylic acids is 1. The topological polar surface area (TPSA) is 51.7 Å². The number of benzene rings is 2. The van der Waals surface area contributed by atoms with E-state index in [4.69, 9.17) is 21.1 Å². The molecule has 6 heteroatoms. The molecule has 5 nitrogen and oxygen atoms in total. The van der Waals surface area contributed by atoms with Crippen LogP contribution in [0.5, 0.6) is 5.75 Å². The molecule has 5 atom stereocenters. The quantitative estimate of drug-likeness (QED) is 0.348. The highest BCUT2D eigenvalue weighted by molar-refractivity contribution is 6.30. The molecule has 2 aromatic carbocycles. The Kier molecular flexibility index (Phi) is 6.09. The van der Waals surface area contributed by atoms with Crippen molar-refractivity contribution in [3.63, 3.8) is 0 Å². The largest absolute Gasteiger partial charge is 0.497 e. The summed E-state index contributed by atoms with van der Waals surface area (Å²) in [6.45, 7) is 5.99. The highest BCUT2D eigenvalue weighted by atomic mass is 35.5. The molecule has 3 aliphatic rings. The molecule has 3 fully saturated rings. The van der Waals surface area contributed by atoms with Gasteiger partial charge in [0.2, 0.25) is 0 Å². The normalized spacial score (nSPS) is 24.9. The van der Waals surface area contributed by atoms with E-state index in [1.807, 2.05) is 24.3 Å². The van der Waals surface area contributed by atoms with Gasteiger partial charge in [0.15, 0.2) is 0 Å². The summed E-state index contributed by atoms with van der Waals surface area (Å²) in [5, 5.41) is 1.52. The highest BCUT2D eigenvalue weighted by Gasteiger charge is 2.44. The standard InChI is InChI=1S/C27H27ClN2O3/c1-3-17-16-30-13-11-19(17)14-25(30)26(33-27(31)18-4-6-20(28)7-5-18)22-10-12-29-24-9-8-21(32-2)15-23(22)24/h3-10,12,15,17,19,25-26H,1,11,13-14,16H2,2H3/t17-,19+,25+,26+/m1/s1. The number of esters is 1. The SMILES string of the molecule is C=C[C@@H]1CN2CC[C@H]1C[C@H]2[C@@H](OC(=O)c1ccc(Cl)cc1)c1ccnc2ccc(OC)cc12. The molecule has 33 heavy (non-hydrogen) atoms. The van der Waals surface area contributed by atoms with Gasteiger partial charge in [-0.3, -0.25) is 9.88 Å². The average molecular weight is 463 g/mol. The fourth-order valence-corrected chi connectivity index (χ4v) is 5.46. The van der Waals surface area contributed by atoms with E-state index >= 15 is 0 Å². The average Bonchev–Trinajstić information content (AvgIpc) is 2.87. The van der Waals surface area contributed by atoms with Crippen molar-refractivity contribution >= 4 is 28.5 Å². The second-order valence-corrected chi connectivity index (χ2v) is 9.30. The smallest absolute Gasteiger partial charge is 0.338 e. The Bertz CT molecular complexity index is 1180. The van der Waals surface area contributed by atoms with E-state index in [2.05, 4.69) is 22.5 Å². The van der Waals surface area contributed by atoms with E-state index < -0.39 is 6.10 Å². The maximum Gasteiger partial charge on any atom is 0.338 e. The van der Waals surface area contributed by atoms with Crippen molar-refractivity contribution in [3.05, 3.63) is 83.5 Å². The molecule has 170 valence electrons. The van der Waals surface area contributed by atoms with Gasteiger partial charge in [-0.15, -0.1) is 6.58 Å². The van der Waals surface area contributed by atoms with Crippen molar-refractivity contribution in [3.8, 4) is 5.75 Å². The highest BCUT2D eigenvalue weighted by Crippen LogP contribution is 2.44. The Morgan fingerprint density at radius 2 is 2.06 bits per heavy atom. The molecule has 3 aliphatic heterocycles. The molecule has 0 radical (unpaired) electrons. The first-order valence-electron chi connectivity index (χ1n) is 11.3. The molecular formula is C27H27ClN2O3. The summed E-state index contributed by atoms with van der Waals surface area (Å²) in [6.07, 6.45) is 5.54. The van der Waals surface area contributed by atoms with Crippen molar-refractivity contribution in [2.45, 2.75) is 25.0 Å². The van der Waals surface area contributed by atoms with Gasteiger partial charge in [-0.1, -0.05) is 17.7 Å². The summed E-state index contributed by atoms with van der Waals surface area (Å²) in [5.74, 6) is 1.43. The lowest BCUT2D eigenvalue weighted by Gasteiger charge is -2.51. The van der Waals surface area contributed by atoms with Gasteiger partial charge in [-0.05, 0) is 79.8 Å². The Hall–Kier alpha value is -2.89. The van der Waals surface area contributed by atoms with Gasteiger partial charge in [0.05, 0.1) is 24.2 Å². The van der Waals surface area contributed by atoms with Crippen LogP contribution in [0.1, 0.15) is 34.9 Å². The first-order valence-corrected chi connectivity index (χ1v) is 11.7. The summed E-state index contributed by atoms with van der Waals surface area (Å²) in [4.78, 5) is 20.2. The molecule has 0 N–H and O–H groups in total. The van der Waals surface area contributed by atoms with Gasteiger partial charge in [0.25, 0.3) is 0 Å². The zero-order valence-electron chi connectivity index (χ0n) is 18.6. The van der Waals surface area contributed by atoms with Crippen LogP contribution in [-0.2, 0) is 4.74 Å². The molecule has 0 amide bonds. The van der Waals surface area contributed by atoms with Crippen LogP contribution >= 0.6 is 11.6 Å². The predicted molar refractivity (Wildman–Crippen MR) is 130 cm³/mol. The number of carbonyl (C=O) groups is 1. The van der Waals surface area contributed by atoms with E-state index in [1.54, 1.807) is 37.6 Å². The molecule has 3 saturated heterocycles. The number of methoxy groups -OCH3 is 1. The van der Waals surface area contributed by atoms with E-state index in [1.165, 1.54) is 0 Å². The van der Waals surface area contributed by atoms with Crippen molar-refractivity contribution in [1.82, 2.24) is 9.88 Å². The first kappa shape index (κ1) is 21.9. The fraction of sp³-hybridized carbons (Fsp3) is 0.333. The number of fused-ring (bicyclic) bond motifs is 4. The zero-order valence-corrected chi connectivity index (χ0v) is 19.4. The second kappa shape index (κ2) is 9.16. The number of halogens is 1. The molecule has 3 aromatic rings. The van der Waals surface area contributed by atoms with Crippen LogP contribution in [0.3, 0.4) is 0 Å². The van der Waals surface area contributed by atoms with Crippen LogP contribution in [-0.4, -0.2) is 42.1 Å². The molecule has 0 saturated carbocycles. The van der Waals surface area contributed by atoms with Gasteiger partial charge in [0.1, 0.15) is 11.9 Å². The number of hydrogen-bond acceptors (Lipinski definition) is 5. The van der Waals surface area contributed by atoms with Crippen LogP contribution in [0.4, 0.5) is 0 Å². The molecule has 1 aromatic heterocycles. The third-order valence-corrected chi connectivity index (χ3v) is 7.36. The monoisotopic (exact) mass is 462 g/mol. The molecule has 2 bridgehead atoms. The number of ether oxygens (including phenoxy) is 2. The number of nitrogens with zero attached hydrogens (tertiary/aromatic N) is 2. The summed E-state index contributed by atoms with van der Waals surface area (Å²) in [5.41, 5.74) is 2.29. The molecule has 6 rings (SSSR count). The Morgan fingerprint density at radius 3 is 2.76 bits per heavy atom. The summed E-state index contributed by atoms with van der Waals surface area (Å²) >= 11 is 6.02. The van der Waals surface area contributed by atoms with Gasteiger partial charge in [-0.2, -0.15) is 0 Å². The number of pyridine rings is 1. The van der Waals surface area contributed by atoms with Gasteiger partial charge < -0.3 is 9.47 Å². The van der Waals surface area contributed by atoms with Crippen molar-refractivity contribution in [2.24, 2.45) is 11.8 Å². The number of aromatic nitrogens is 1. The van der Waals surface area contributed by atoms with E-state index in [0.717, 1.165) is 48.1 Å². The van der Waals surface area contributed by atoms with Crippen molar-refractivity contribution in [1.29, 1.82) is 0 Å².